The third kappa shape index (κ3) is 3.33. The van der Waals surface area contributed by atoms with Crippen LogP contribution in [-0.2, 0) is 26.3 Å². The Labute approximate surface area is 147 Å². The normalized spacial score (nSPS) is 16.6. The lowest BCUT2D eigenvalue weighted by Crippen LogP contribution is -2.56. The fourth-order valence-electron chi connectivity index (χ4n) is 2.66. The van der Waals surface area contributed by atoms with Crippen LogP contribution in [0, 0.1) is 5.82 Å². The summed E-state index contributed by atoms with van der Waals surface area (Å²) in [6.07, 6.45) is 0.808. The third-order valence-corrected chi connectivity index (χ3v) is 8.32. The summed E-state index contributed by atoms with van der Waals surface area (Å²) in [5, 5.41) is -0.817. The molecule has 0 amide bonds. The smallest absolute Gasteiger partial charge is 0.223 e. The second kappa shape index (κ2) is 6.51. The fourth-order valence-corrected chi connectivity index (χ4v) is 6.03. The number of rotatable bonds is 5. The predicted octanol–water partition coefficient (Wildman–Crippen LogP) is 2.23. The molecule has 1 fully saturated rings. The van der Waals surface area contributed by atoms with Gasteiger partial charge in [0, 0.05) is 13.1 Å². The Balaban J connectivity index is 1.75. The van der Waals surface area contributed by atoms with E-state index < -0.39 is 30.9 Å². The average Bonchev–Trinajstić information content (AvgIpc) is 2.53. The molecule has 134 valence electrons. The molecule has 25 heavy (non-hydrogen) atoms. The van der Waals surface area contributed by atoms with Gasteiger partial charge < -0.3 is 0 Å². The molecule has 1 heterocycles. The van der Waals surface area contributed by atoms with Gasteiger partial charge in [-0.3, -0.25) is 0 Å². The van der Waals surface area contributed by atoms with Crippen molar-refractivity contribution in [3.05, 3.63) is 59.9 Å². The van der Waals surface area contributed by atoms with Gasteiger partial charge in [-0.15, -0.1) is 0 Å². The maximum Gasteiger partial charge on any atom is 0.243 e. The molecule has 5 nitrogen and oxygen atoms in total. The van der Waals surface area contributed by atoms with Crippen molar-refractivity contribution in [3.8, 4) is 0 Å². The van der Waals surface area contributed by atoms with Gasteiger partial charge in [-0.05, 0) is 48.4 Å². The van der Waals surface area contributed by atoms with E-state index in [1.807, 2.05) is 6.92 Å². The van der Waals surface area contributed by atoms with E-state index in [0.29, 0.717) is 0 Å². The summed E-state index contributed by atoms with van der Waals surface area (Å²) in [7, 11) is -7.38. The summed E-state index contributed by atoms with van der Waals surface area (Å²) in [6, 6.07) is 11.1. The van der Waals surface area contributed by atoms with Crippen LogP contribution in [0.25, 0.3) is 0 Å². The van der Waals surface area contributed by atoms with E-state index in [1.165, 1.54) is 24.3 Å². The first kappa shape index (κ1) is 18.0. The number of halogens is 1. The molecule has 0 atom stereocenters. The van der Waals surface area contributed by atoms with Crippen LogP contribution in [0.3, 0.4) is 0 Å². The van der Waals surface area contributed by atoms with Gasteiger partial charge in [0.2, 0.25) is 10.0 Å². The minimum absolute atomic E-state index is 0.00301. The molecule has 0 unspecified atom stereocenters. The van der Waals surface area contributed by atoms with Crippen LogP contribution in [0.15, 0.2) is 58.3 Å². The molecule has 0 radical (unpaired) electrons. The summed E-state index contributed by atoms with van der Waals surface area (Å²) in [5.41, 5.74) is 1.03. The summed E-state index contributed by atoms with van der Waals surface area (Å²) >= 11 is 0. The molecular weight excluding hydrogens is 365 g/mol. The molecule has 8 heteroatoms. The van der Waals surface area contributed by atoms with E-state index >= 15 is 0 Å². The van der Waals surface area contributed by atoms with Gasteiger partial charge >= 0.3 is 0 Å². The molecule has 0 aliphatic carbocycles. The number of benzene rings is 2. The largest absolute Gasteiger partial charge is 0.243 e. The minimum Gasteiger partial charge on any atom is -0.223 e. The van der Waals surface area contributed by atoms with Crippen LogP contribution in [0.4, 0.5) is 4.39 Å². The summed E-state index contributed by atoms with van der Waals surface area (Å²) < 4.78 is 64.1. The summed E-state index contributed by atoms with van der Waals surface area (Å²) in [5.74, 6) is -0.521. The number of hydrogen-bond donors (Lipinski definition) is 0. The lowest BCUT2D eigenvalue weighted by molar-refractivity contribution is 0.309. The number of aryl methyl sites for hydroxylation is 1. The highest BCUT2D eigenvalue weighted by atomic mass is 32.2. The van der Waals surface area contributed by atoms with Gasteiger partial charge in [0.05, 0.1) is 15.0 Å². The Kier molecular flexibility index (Phi) is 4.70. The monoisotopic (exact) mass is 383 g/mol. The molecule has 1 saturated heterocycles. The van der Waals surface area contributed by atoms with Crippen molar-refractivity contribution in [2.24, 2.45) is 0 Å². The van der Waals surface area contributed by atoms with E-state index in [2.05, 4.69) is 0 Å². The van der Waals surface area contributed by atoms with Gasteiger partial charge in [0.25, 0.3) is 0 Å². The third-order valence-electron chi connectivity index (χ3n) is 4.36. The van der Waals surface area contributed by atoms with E-state index in [-0.39, 0.29) is 22.9 Å². The van der Waals surface area contributed by atoms with Crippen LogP contribution < -0.4 is 0 Å². The Bertz CT molecular complexity index is 962. The van der Waals surface area contributed by atoms with Gasteiger partial charge in [-0.25, -0.2) is 21.2 Å². The summed E-state index contributed by atoms with van der Waals surface area (Å²) in [6.45, 7) is 1.78. The van der Waals surface area contributed by atoms with Crippen LogP contribution in [0.1, 0.15) is 12.5 Å². The SMILES string of the molecule is CCc1ccc(S(=O)(=O)N2CC(S(=O)(=O)c3ccc(F)cc3)C2)cc1. The average molecular weight is 383 g/mol. The maximum atomic E-state index is 12.9. The van der Waals surface area contributed by atoms with Gasteiger partial charge in [-0.2, -0.15) is 4.31 Å². The van der Waals surface area contributed by atoms with E-state index in [0.717, 1.165) is 28.4 Å². The highest BCUT2D eigenvalue weighted by Gasteiger charge is 2.44. The van der Waals surface area contributed by atoms with Crippen LogP contribution in [-0.4, -0.2) is 39.5 Å². The summed E-state index contributed by atoms with van der Waals surface area (Å²) in [4.78, 5) is 0.158. The van der Waals surface area contributed by atoms with Crippen molar-refractivity contribution in [1.82, 2.24) is 4.31 Å². The van der Waals surface area contributed by atoms with Crippen LogP contribution >= 0.6 is 0 Å². The fraction of sp³-hybridized carbons (Fsp3) is 0.294. The Hall–Kier alpha value is -1.77. The highest BCUT2D eigenvalue weighted by Crippen LogP contribution is 2.29. The highest BCUT2D eigenvalue weighted by molar-refractivity contribution is 7.92. The number of sulfonamides is 1. The van der Waals surface area contributed by atoms with E-state index in [9.17, 15) is 21.2 Å². The van der Waals surface area contributed by atoms with E-state index in [4.69, 9.17) is 0 Å². The molecular formula is C17H18FNO4S2. The molecule has 0 bridgehead atoms. The maximum absolute atomic E-state index is 12.9. The zero-order valence-corrected chi connectivity index (χ0v) is 15.2. The Morgan fingerprint density at radius 2 is 1.44 bits per heavy atom. The van der Waals surface area contributed by atoms with Gasteiger partial charge in [0.15, 0.2) is 9.84 Å². The van der Waals surface area contributed by atoms with Gasteiger partial charge in [-0.1, -0.05) is 19.1 Å². The first-order valence-corrected chi connectivity index (χ1v) is 10.8. The molecule has 0 saturated carbocycles. The van der Waals surface area contributed by atoms with Crippen molar-refractivity contribution in [1.29, 1.82) is 0 Å². The van der Waals surface area contributed by atoms with Crippen molar-refractivity contribution < 1.29 is 21.2 Å². The topological polar surface area (TPSA) is 71.5 Å². The second-order valence-electron chi connectivity index (χ2n) is 5.94. The molecule has 3 rings (SSSR count). The number of nitrogens with zero attached hydrogens (tertiary/aromatic N) is 1. The minimum atomic E-state index is -3.70. The van der Waals surface area contributed by atoms with E-state index in [1.54, 1.807) is 12.1 Å². The van der Waals surface area contributed by atoms with Crippen molar-refractivity contribution in [2.75, 3.05) is 13.1 Å². The molecule has 2 aromatic carbocycles. The zero-order valence-electron chi connectivity index (χ0n) is 13.6. The number of sulfone groups is 1. The standard InChI is InChI=1S/C17H18FNO4S2/c1-2-13-3-7-16(8-4-13)25(22,23)19-11-17(12-19)24(20,21)15-9-5-14(18)6-10-15/h3-10,17H,2,11-12H2,1H3. The Morgan fingerprint density at radius 3 is 1.96 bits per heavy atom. The molecule has 0 aromatic heterocycles. The van der Waals surface area contributed by atoms with Crippen molar-refractivity contribution in [2.45, 2.75) is 28.4 Å². The zero-order chi connectivity index (χ0) is 18.2. The van der Waals surface area contributed by atoms with Crippen molar-refractivity contribution in [3.63, 3.8) is 0 Å². The predicted molar refractivity (Wildman–Crippen MR) is 92.0 cm³/mol. The molecule has 0 spiro atoms. The first-order chi connectivity index (χ1) is 11.7. The van der Waals surface area contributed by atoms with Gasteiger partial charge in [0.1, 0.15) is 5.82 Å². The molecule has 0 N–H and O–H groups in total. The second-order valence-corrected chi connectivity index (χ2v) is 10.1. The Morgan fingerprint density at radius 1 is 0.920 bits per heavy atom. The molecule has 1 aliphatic heterocycles. The van der Waals surface area contributed by atoms with Crippen molar-refractivity contribution >= 4 is 19.9 Å². The lowest BCUT2D eigenvalue weighted by Gasteiger charge is -2.37. The first-order valence-electron chi connectivity index (χ1n) is 7.83. The van der Waals surface area contributed by atoms with Crippen LogP contribution in [0.2, 0.25) is 0 Å². The van der Waals surface area contributed by atoms with Crippen LogP contribution in [0.5, 0.6) is 0 Å². The lowest BCUT2D eigenvalue weighted by atomic mass is 10.2. The molecule has 2 aromatic rings. The quantitative estimate of drug-likeness (QED) is 0.743. The molecule has 1 aliphatic rings. The number of hydrogen-bond acceptors (Lipinski definition) is 4.